The van der Waals surface area contributed by atoms with Gasteiger partial charge in [0.1, 0.15) is 78.5 Å². The highest BCUT2D eigenvalue weighted by atomic mass is 32.1. The highest BCUT2D eigenvalue weighted by Crippen LogP contribution is 2.19. The molecule has 2 saturated heterocycles. The van der Waals surface area contributed by atoms with Gasteiger partial charge in [0, 0.05) is 63.1 Å². The molecule has 34 N–H and O–H groups in total. The first-order valence-electron chi connectivity index (χ1n) is 39.6. The predicted octanol–water partition coefficient (Wildman–Crippen LogP) is -10.2. The van der Waals surface area contributed by atoms with Crippen molar-refractivity contribution >= 4 is 125 Å². The van der Waals surface area contributed by atoms with Crippen LogP contribution in [-0.2, 0) is 83.1 Å². The van der Waals surface area contributed by atoms with Crippen molar-refractivity contribution in [1.82, 2.24) is 89.3 Å². The molecule has 14 amide bonds. The first-order valence-corrected chi connectivity index (χ1v) is 40.2. The van der Waals surface area contributed by atoms with Crippen LogP contribution < -0.4 is 120 Å². The lowest BCUT2D eigenvalue weighted by atomic mass is 10.0. The molecule has 120 heavy (non-hydrogen) atoms. The standard InChI is InChI=1S/C72H122N28O19S/c1-5-6-16-44(94-67(116)52-23-15-32-100(52)53(102)35-86-58(107)43(20-12-29-83-70(75)76)91-59(108)42-19-11-28-82-42)60(109)92-45(17-7-9-26-73)63(112)98-51(36-120)66(115)89-38(2)56(105)90-47(21-13-30-84-71(77)78)61(110)93-46(18-8-10-27-74)64(113)99-55(40(4)101)68(117)95-48(22-14-31-85-72(79)80)62(111)97-50(33-41-34-81-37-87-41)65(114)88-39(3)57(106)96-49(69(118)119)24-25-54(103)104/h1,34,37-40,42-52,55,82,101,120H,6-33,35-36,73-74H2,2-4H3,(H,81,87)(H,86,107)(H,88,114)(H,89,115)(H,90,105)(H,91,108)(H,92,109)(H,93,110)(H,94,116)(H,95,117)(H,96,106)(H,97,111)(H,98,112)(H,99,113)(H,103,104)(H,118,119)(H4,75,76,83)(H4,77,78,84)(H4,79,80,85)/t38-,39-,40+,42-,43-,44-,45-,46-,47-,48-,49-,50-,51-,52-,55-/m0/s1. The number of rotatable bonds is 57. The Balaban J connectivity index is 1.84. The molecule has 47 nitrogen and oxygen atoms in total. The molecule has 15 atom stereocenters. The van der Waals surface area contributed by atoms with E-state index in [1.165, 1.54) is 31.3 Å². The number of nitrogens with two attached hydrogens (primary N) is 8. The summed E-state index contributed by atoms with van der Waals surface area (Å²) in [7, 11) is 0. The maximum absolute atomic E-state index is 14.5. The number of carboxylic acids is 2. The molecule has 2 fully saturated rings. The van der Waals surface area contributed by atoms with Gasteiger partial charge >= 0.3 is 11.9 Å². The zero-order valence-corrected chi connectivity index (χ0v) is 68.7. The van der Waals surface area contributed by atoms with Crippen molar-refractivity contribution in [3.05, 3.63) is 18.2 Å². The van der Waals surface area contributed by atoms with Gasteiger partial charge in [0.2, 0.25) is 82.7 Å². The maximum atomic E-state index is 14.5. The number of aromatic amines is 1. The third-order valence-electron chi connectivity index (χ3n) is 19.0. The number of carboxylic acid groups (broad SMARTS) is 2. The third-order valence-corrected chi connectivity index (χ3v) is 19.4. The number of imidazole rings is 1. The Bertz CT molecular complexity index is 3720. The number of H-pyrrole nitrogens is 1. The number of carbonyl (C=O) groups is 16. The lowest BCUT2D eigenvalue weighted by Crippen LogP contribution is -2.62. The molecule has 670 valence electrons. The van der Waals surface area contributed by atoms with Gasteiger partial charge in [0.15, 0.2) is 17.9 Å². The Morgan fingerprint density at radius 1 is 0.525 bits per heavy atom. The molecule has 3 heterocycles. The SMILES string of the molecule is C#CCC[C@H](NC(=O)[C@@H]1CCCN1C(=O)CNC(=O)[C@H](CCCN=C(N)N)NC(=O)[C@@H]1CCCN1)C(=O)N[C@@H](CCCCN)C(=O)N[C@@H](CS)C(=O)N[C@@H](C)C(=O)N[C@@H](CCCN=C(N)N)C(=O)N[C@@H](CCCCN)C(=O)N[C@H](C(=O)N[C@@H](CCCN=C(N)N)C(=O)N[C@@H](Cc1cnc[nH]1)C(=O)N[C@@H](C)C(=O)N[C@@H](CCC(=O)O)C(=O)O)[C@@H](C)O. The molecular formula is C72H122N28O19S. The third kappa shape index (κ3) is 38.3. The fraction of sp³-hybridized carbons (Fsp3) is 0.667. The number of hydrogen-bond donors (Lipinski definition) is 27. The monoisotopic (exact) mass is 1710 g/mol. The normalized spacial score (nSPS) is 16.7. The van der Waals surface area contributed by atoms with E-state index in [1.54, 1.807) is 0 Å². The molecule has 0 saturated carbocycles. The van der Waals surface area contributed by atoms with Crippen LogP contribution in [0.2, 0.25) is 0 Å². The van der Waals surface area contributed by atoms with Crippen LogP contribution in [0.1, 0.15) is 155 Å². The number of likely N-dealkylation sites (tertiary alicyclic amines) is 1. The second kappa shape index (κ2) is 55.1. The van der Waals surface area contributed by atoms with Crippen LogP contribution in [-0.4, -0.2) is 292 Å². The molecular weight excluding hydrogens is 1590 g/mol. The number of hydrogen-bond acceptors (Lipinski definition) is 25. The van der Waals surface area contributed by atoms with Gasteiger partial charge < -0.3 is 146 Å². The number of nitrogens with zero attached hydrogens (tertiary/aromatic N) is 5. The second-order valence-electron chi connectivity index (χ2n) is 28.7. The topological polar surface area (TPSA) is 779 Å². The van der Waals surface area contributed by atoms with Crippen LogP contribution in [0, 0.1) is 12.3 Å². The van der Waals surface area contributed by atoms with Gasteiger partial charge in [-0.3, -0.25) is 86.9 Å². The second-order valence-corrected chi connectivity index (χ2v) is 29.1. The Morgan fingerprint density at radius 2 is 0.958 bits per heavy atom. The Hall–Kier alpha value is -11.7. The number of unbranched alkanes of at least 4 members (excludes halogenated alkanes) is 2. The van der Waals surface area contributed by atoms with Crippen LogP contribution in [0.25, 0.3) is 0 Å². The van der Waals surface area contributed by atoms with Gasteiger partial charge in [0.05, 0.1) is 25.0 Å². The number of nitrogens with one attached hydrogen (secondary N) is 15. The quantitative estimate of drug-likeness (QED) is 0.00947. The Morgan fingerprint density at radius 3 is 1.40 bits per heavy atom. The van der Waals surface area contributed by atoms with E-state index in [2.05, 4.69) is 118 Å². The van der Waals surface area contributed by atoms with Crippen LogP contribution in [0.4, 0.5) is 0 Å². The summed E-state index contributed by atoms with van der Waals surface area (Å²) in [6, 6.07) is -19.7. The van der Waals surface area contributed by atoms with E-state index in [9.17, 15) is 86.9 Å². The average Bonchev–Trinajstić information content (AvgIpc) is 1.74. The molecule has 1 aromatic heterocycles. The van der Waals surface area contributed by atoms with Crippen LogP contribution in [0.3, 0.4) is 0 Å². The molecule has 0 aliphatic carbocycles. The van der Waals surface area contributed by atoms with Crippen molar-refractivity contribution in [2.24, 2.45) is 60.8 Å². The first kappa shape index (κ1) is 102. The van der Waals surface area contributed by atoms with Crippen molar-refractivity contribution in [2.75, 3.05) is 58.1 Å². The Kier molecular flexibility index (Phi) is 47.1. The minimum absolute atomic E-state index is 0.00876. The van der Waals surface area contributed by atoms with Crippen molar-refractivity contribution in [3.63, 3.8) is 0 Å². The predicted molar refractivity (Wildman–Crippen MR) is 439 cm³/mol. The molecule has 0 spiro atoms. The zero-order valence-electron chi connectivity index (χ0n) is 67.8. The molecule has 3 rings (SSSR count). The minimum Gasteiger partial charge on any atom is -0.481 e. The van der Waals surface area contributed by atoms with E-state index in [4.69, 9.17) is 57.4 Å². The fourth-order valence-corrected chi connectivity index (χ4v) is 12.7. The summed E-state index contributed by atoms with van der Waals surface area (Å²) < 4.78 is 0. The van der Waals surface area contributed by atoms with Gasteiger partial charge in [-0.05, 0) is 156 Å². The van der Waals surface area contributed by atoms with Crippen LogP contribution in [0.5, 0.6) is 0 Å². The van der Waals surface area contributed by atoms with E-state index in [1.807, 2.05) is 0 Å². The van der Waals surface area contributed by atoms with Gasteiger partial charge in [-0.15, -0.1) is 12.3 Å². The van der Waals surface area contributed by atoms with E-state index in [0.717, 1.165) is 13.3 Å². The van der Waals surface area contributed by atoms with Gasteiger partial charge in [0.25, 0.3) is 0 Å². The molecule has 0 aromatic carbocycles. The van der Waals surface area contributed by atoms with Gasteiger partial charge in [-0.25, -0.2) is 9.78 Å². The summed E-state index contributed by atoms with van der Waals surface area (Å²) in [4.78, 5) is 239. The number of aliphatic hydroxyl groups is 1. The highest BCUT2D eigenvalue weighted by molar-refractivity contribution is 7.80. The minimum atomic E-state index is -1.90. The fourth-order valence-electron chi connectivity index (χ4n) is 12.4. The smallest absolute Gasteiger partial charge is 0.326 e. The summed E-state index contributed by atoms with van der Waals surface area (Å²) >= 11 is 4.30. The van der Waals surface area contributed by atoms with Crippen molar-refractivity contribution in [3.8, 4) is 12.3 Å². The number of guanidine groups is 3. The summed E-state index contributed by atoms with van der Waals surface area (Å²) in [5, 5.41) is 65.6. The average molecular weight is 1720 g/mol. The summed E-state index contributed by atoms with van der Waals surface area (Å²) in [6.07, 6.45) is 7.63. The number of carbonyl (C=O) groups excluding carboxylic acids is 14. The van der Waals surface area contributed by atoms with E-state index in [-0.39, 0.29) is 152 Å². The van der Waals surface area contributed by atoms with Crippen molar-refractivity contribution in [1.29, 1.82) is 0 Å². The summed E-state index contributed by atoms with van der Waals surface area (Å²) in [6.45, 7) is 4.06. The molecule has 48 heteroatoms. The largest absolute Gasteiger partial charge is 0.481 e. The van der Waals surface area contributed by atoms with Crippen LogP contribution in [0.15, 0.2) is 27.5 Å². The molecule has 0 bridgehead atoms. The number of aliphatic hydroxyl groups excluding tert-OH is 1. The van der Waals surface area contributed by atoms with Gasteiger partial charge in [-0.1, -0.05) is 0 Å². The molecule has 1 aromatic rings. The van der Waals surface area contributed by atoms with E-state index in [0.29, 0.717) is 38.6 Å². The lowest BCUT2D eigenvalue weighted by Gasteiger charge is -2.29. The molecule has 0 radical (unpaired) electrons. The highest BCUT2D eigenvalue weighted by Gasteiger charge is 2.40. The zero-order chi connectivity index (χ0) is 89.6. The van der Waals surface area contributed by atoms with Crippen molar-refractivity contribution < 1.29 is 92.0 Å². The van der Waals surface area contributed by atoms with E-state index >= 15 is 0 Å². The number of amides is 14. The number of thiol groups is 1. The molecule has 2 aliphatic rings. The Labute approximate surface area is 699 Å². The first-order chi connectivity index (χ1) is 56.9. The molecule has 2 aliphatic heterocycles. The number of aromatic nitrogens is 2. The number of aliphatic imine (C=N–C) groups is 3. The summed E-state index contributed by atoms with van der Waals surface area (Å²) in [5.41, 5.74) is 45.0. The summed E-state index contributed by atoms with van der Waals surface area (Å²) in [5.74, 6) is -14.1. The van der Waals surface area contributed by atoms with Crippen LogP contribution >= 0.6 is 12.6 Å². The number of aliphatic carboxylic acids is 2. The lowest BCUT2D eigenvalue weighted by molar-refractivity contribution is -0.143. The molecule has 0 unspecified atom stereocenters. The maximum Gasteiger partial charge on any atom is 0.326 e. The van der Waals surface area contributed by atoms with E-state index < -0.39 is 205 Å². The van der Waals surface area contributed by atoms with Gasteiger partial charge in [-0.2, -0.15) is 12.6 Å². The van der Waals surface area contributed by atoms with Crippen molar-refractivity contribution in [2.45, 2.75) is 246 Å². The number of terminal acetylenes is 1.